The maximum Gasteiger partial charge on any atom is 0.352 e. The van der Waals surface area contributed by atoms with Crippen LogP contribution in [0.1, 0.15) is 36.8 Å². The van der Waals surface area contributed by atoms with Gasteiger partial charge in [-0.3, -0.25) is 4.79 Å². The van der Waals surface area contributed by atoms with E-state index in [-0.39, 0.29) is 18.1 Å². The molecule has 3 aromatic rings. The molecule has 152 valence electrons. The summed E-state index contributed by atoms with van der Waals surface area (Å²) in [6, 6.07) is 7.65. The van der Waals surface area contributed by atoms with Gasteiger partial charge in [-0.15, -0.1) is 5.10 Å². The molecule has 29 heavy (non-hydrogen) atoms. The van der Waals surface area contributed by atoms with E-state index in [9.17, 15) is 9.59 Å². The fourth-order valence-corrected chi connectivity index (χ4v) is 3.75. The van der Waals surface area contributed by atoms with Crippen LogP contribution in [0, 0.1) is 13.8 Å². The van der Waals surface area contributed by atoms with Gasteiger partial charge >= 0.3 is 5.69 Å². The largest absolute Gasteiger partial charge is 0.356 e. The molecule has 1 aromatic carbocycles. The molecule has 0 spiro atoms. The fourth-order valence-electron chi connectivity index (χ4n) is 3.75. The van der Waals surface area contributed by atoms with E-state index >= 15 is 0 Å². The first-order valence-corrected chi connectivity index (χ1v) is 10.1. The van der Waals surface area contributed by atoms with E-state index in [0.29, 0.717) is 5.78 Å². The van der Waals surface area contributed by atoms with E-state index in [4.69, 9.17) is 0 Å². The van der Waals surface area contributed by atoms with Gasteiger partial charge in [0.1, 0.15) is 12.4 Å². The van der Waals surface area contributed by atoms with Crippen LogP contribution in [-0.2, 0) is 11.3 Å². The summed E-state index contributed by atoms with van der Waals surface area (Å²) in [6.45, 7) is 5.71. The summed E-state index contributed by atoms with van der Waals surface area (Å²) in [7, 11) is 0. The van der Waals surface area contributed by atoms with Crippen molar-refractivity contribution in [2.45, 2.75) is 46.1 Å². The molecule has 0 atom stereocenters. The van der Waals surface area contributed by atoms with Crippen LogP contribution >= 0.6 is 0 Å². The molecule has 1 aliphatic rings. The quantitative estimate of drug-likeness (QED) is 0.735. The van der Waals surface area contributed by atoms with Gasteiger partial charge in [-0.1, -0.05) is 30.5 Å². The number of nitrogens with one attached hydrogen (secondary N) is 1. The Labute approximate surface area is 169 Å². The summed E-state index contributed by atoms with van der Waals surface area (Å²) < 4.78 is 2.54. The Balaban J connectivity index is 1.53. The molecule has 1 N–H and O–H groups in total. The molecule has 1 saturated heterocycles. The summed E-state index contributed by atoms with van der Waals surface area (Å²) in [5.41, 5.74) is 2.47. The van der Waals surface area contributed by atoms with Crippen molar-refractivity contribution in [3.63, 3.8) is 0 Å². The number of aromatic nitrogens is 4. The second-order valence-corrected chi connectivity index (χ2v) is 7.66. The Morgan fingerprint density at radius 1 is 1.10 bits per heavy atom. The Morgan fingerprint density at radius 3 is 2.59 bits per heavy atom. The van der Waals surface area contributed by atoms with Crippen molar-refractivity contribution in [1.29, 1.82) is 0 Å². The Kier molecular flexibility index (Phi) is 5.33. The maximum atomic E-state index is 12.6. The average molecular weight is 394 g/mol. The van der Waals surface area contributed by atoms with Gasteiger partial charge in [0, 0.05) is 25.0 Å². The molecule has 0 radical (unpaired) electrons. The van der Waals surface area contributed by atoms with Crippen molar-refractivity contribution >= 4 is 23.2 Å². The van der Waals surface area contributed by atoms with Crippen LogP contribution in [0.15, 0.2) is 35.3 Å². The van der Waals surface area contributed by atoms with Gasteiger partial charge in [0.2, 0.25) is 5.91 Å². The molecule has 0 aliphatic carbocycles. The normalized spacial score (nSPS) is 14.8. The van der Waals surface area contributed by atoms with Crippen LogP contribution < -0.4 is 15.9 Å². The van der Waals surface area contributed by atoms with Crippen molar-refractivity contribution in [1.82, 2.24) is 19.2 Å². The highest BCUT2D eigenvalue weighted by Gasteiger charge is 2.16. The van der Waals surface area contributed by atoms with Gasteiger partial charge in [0.05, 0.1) is 0 Å². The lowest BCUT2D eigenvalue weighted by molar-refractivity contribution is -0.117. The molecule has 8 nitrogen and oxygen atoms in total. The van der Waals surface area contributed by atoms with Crippen LogP contribution in [-0.4, -0.2) is 38.2 Å². The molecule has 3 heterocycles. The van der Waals surface area contributed by atoms with Gasteiger partial charge in [-0.05, 0) is 44.4 Å². The summed E-state index contributed by atoms with van der Waals surface area (Å²) >= 11 is 0. The highest BCUT2D eigenvalue weighted by atomic mass is 16.2. The second kappa shape index (κ2) is 8.06. The van der Waals surface area contributed by atoms with E-state index < -0.39 is 0 Å². The summed E-state index contributed by atoms with van der Waals surface area (Å²) in [6.07, 6.45) is 6.46. The zero-order valence-corrected chi connectivity index (χ0v) is 16.9. The van der Waals surface area contributed by atoms with Crippen molar-refractivity contribution < 1.29 is 4.79 Å². The molecule has 0 saturated carbocycles. The topological polar surface area (TPSA) is 84.5 Å². The van der Waals surface area contributed by atoms with Crippen molar-refractivity contribution in [3.8, 4) is 0 Å². The molecule has 4 rings (SSSR count). The number of nitrogens with zero attached hydrogens (tertiary/aromatic N) is 5. The average Bonchev–Trinajstić information content (AvgIpc) is 2.88. The first kappa shape index (κ1) is 19.2. The van der Waals surface area contributed by atoms with E-state index in [1.807, 2.05) is 38.1 Å². The van der Waals surface area contributed by atoms with Gasteiger partial charge in [-0.25, -0.2) is 13.9 Å². The Hall–Kier alpha value is -3.16. The van der Waals surface area contributed by atoms with Gasteiger partial charge in [0.25, 0.3) is 5.78 Å². The van der Waals surface area contributed by atoms with Crippen LogP contribution in [0.3, 0.4) is 0 Å². The molecule has 8 heteroatoms. The summed E-state index contributed by atoms with van der Waals surface area (Å²) in [5, 5.41) is 7.13. The number of hydrogen-bond acceptors (Lipinski definition) is 5. The molecular formula is C21H26N6O2. The van der Waals surface area contributed by atoms with Crippen LogP contribution in [0.4, 0.5) is 11.5 Å². The number of hydrogen-bond donors (Lipinski definition) is 1. The minimum atomic E-state index is -0.370. The van der Waals surface area contributed by atoms with E-state index in [2.05, 4.69) is 20.3 Å². The van der Waals surface area contributed by atoms with Crippen molar-refractivity contribution in [3.05, 3.63) is 52.1 Å². The van der Waals surface area contributed by atoms with Gasteiger partial charge in [-0.2, -0.15) is 4.98 Å². The lowest BCUT2D eigenvalue weighted by atomic mass is 10.1. The summed E-state index contributed by atoms with van der Waals surface area (Å²) in [4.78, 5) is 31.9. The van der Waals surface area contributed by atoms with Crippen LogP contribution in [0.25, 0.3) is 5.78 Å². The zero-order chi connectivity index (χ0) is 20.4. The molecule has 1 aliphatic heterocycles. The van der Waals surface area contributed by atoms with Crippen LogP contribution in [0.2, 0.25) is 0 Å². The molecule has 0 unspecified atom stereocenters. The minimum absolute atomic E-state index is 0.158. The predicted molar refractivity (Wildman–Crippen MR) is 112 cm³/mol. The number of amides is 1. The lowest BCUT2D eigenvalue weighted by Crippen LogP contribution is -2.28. The number of fused-ring (bicyclic) bond motifs is 1. The standard InChI is InChI=1S/C21H26N6O2/c1-15-7-8-17(16(2)13-15)22-19(28)14-27-21(29)26-12-9-18(23-20(26)24-27)25-10-5-3-4-6-11-25/h7-9,12-13H,3-6,10-11,14H2,1-2H3,(H,22,28). The molecular weight excluding hydrogens is 368 g/mol. The number of anilines is 2. The van der Waals surface area contributed by atoms with Crippen molar-refractivity contribution in [2.24, 2.45) is 0 Å². The first-order valence-electron chi connectivity index (χ1n) is 10.1. The Bertz CT molecular complexity index is 1090. The molecule has 0 bridgehead atoms. The number of aryl methyl sites for hydroxylation is 2. The highest BCUT2D eigenvalue weighted by Crippen LogP contribution is 2.18. The van der Waals surface area contributed by atoms with Crippen molar-refractivity contribution in [2.75, 3.05) is 23.3 Å². The minimum Gasteiger partial charge on any atom is -0.356 e. The third-order valence-corrected chi connectivity index (χ3v) is 5.32. The SMILES string of the molecule is Cc1ccc(NC(=O)Cn2nc3nc(N4CCCCCC4)ccn3c2=O)c(C)c1. The molecule has 2 aromatic heterocycles. The molecule has 1 fully saturated rings. The van der Waals surface area contributed by atoms with Crippen LogP contribution in [0.5, 0.6) is 0 Å². The van der Waals surface area contributed by atoms with Gasteiger partial charge < -0.3 is 10.2 Å². The monoisotopic (exact) mass is 394 g/mol. The zero-order valence-electron chi connectivity index (χ0n) is 16.9. The lowest BCUT2D eigenvalue weighted by Gasteiger charge is -2.20. The summed E-state index contributed by atoms with van der Waals surface area (Å²) in [5.74, 6) is 0.850. The van der Waals surface area contributed by atoms with Gasteiger partial charge in [0.15, 0.2) is 0 Å². The number of benzene rings is 1. The van der Waals surface area contributed by atoms with E-state index in [1.165, 1.54) is 17.2 Å². The number of carbonyl (C=O) groups is 1. The second-order valence-electron chi connectivity index (χ2n) is 7.66. The number of rotatable bonds is 4. The third-order valence-electron chi connectivity index (χ3n) is 5.32. The molecule has 1 amide bonds. The first-order chi connectivity index (χ1) is 14.0. The highest BCUT2D eigenvalue weighted by molar-refractivity contribution is 5.91. The third kappa shape index (κ3) is 4.16. The Morgan fingerprint density at radius 2 is 1.86 bits per heavy atom. The predicted octanol–water partition coefficient (Wildman–Crippen LogP) is 2.53. The maximum absolute atomic E-state index is 12.6. The number of carbonyl (C=O) groups excluding carboxylic acids is 1. The van der Waals surface area contributed by atoms with E-state index in [0.717, 1.165) is 53.2 Å². The van der Waals surface area contributed by atoms with E-state index in [1.54, 1.807) is 6.20 Å². The fraction of sp³-hybridized carbons (Fsp3) is 0.429. The smallest absolute Gasteiger partial charge is 0.352 e.